The van der Waals surface area contributed by atoms with E-state index in [-0.39, 0.29) is 0 Å². The molecule has 0 aromatic carbocycles. The van der Waals surface area contributed by atoms with Gasteiger partial charge in [-0.15, -0.1) is 0 Å². The largest absolute Gasteiger partial charge is 0.417 e. The molecule has 0 unspecified atom stereocenters. The third-order valence-corrected chi connectivity index (χ3v) is 1.77. The Morgan fingerprint density at radius 2 is 1.93 bits per heavy atom. The zero-order valence-electron chi connectivity index (χ0n) is 8.10. The van der Waals surface area contributed by atoms with Gasteiger partial charge < -0.3 is 0 Å². The molecule has 1 aromatic heterocycles. The average molecular weight is 203 g/mol. The Kier molecular flexibility index (Phi) is 3.13. The first-order chi connectivity index (χ1) is 6.39. The third kappa shape index (κ3) is 3.01. The number of rotatable bonds is 2. The van der Waals surface area contributed by atoms with Crippen LogP contribution in [0.1, 0.15) is 25.0 Å². The third-order valence-electron chi connectivity index (χ3n) is 1.77. The molecule has 0 radical (unpaired) electrons. The summed E-state index contributed by atoms with van der Waals surface area (Å²) in [5.74, 6) is 0.334. The number of pyridine rings is 1. The number of hydrogen-bond donors (Lipinski definition) is 0. The van der Waals surface area contributed by atoms with Crippen molar-refractivity contribution >= 4 is 0 Å². The summed E-state index contributed by atoms with van der Waals surface area (Å²) in [6.45, 7) is 3.92. The van der Waals surface area contributed by atoms with Gasteiger partial charge in [-0.25, -0.2) is 0 Å². The minimum Gasteiger partial charge on any atom is -0.264 e. The number of aromatic nitrogens is 1. The van der Waals surface area contributed by atoms with Gasteiger partial charge in [-0.3, -0.25) is 4.98 Å². The van der Waals surface area contributed by atoms with Gasteiger partial charge in [0.05, 0.1) is 5.56 Å². The van der Waals surface area contributed by atoms with Crippen LogP contribution in [0.25, 0.3) is 0 Å². The molecular formula is C10H12F3N. The maximum atomic E-state index is 12.3. The highest BCUT2D eigenvalue weighted by Gasteiger charge is 2.30. The van der Waals surface area contributed by atoms with Gasteiger partial charge in [0.15, 0.2) is 0 Å². The second-order valence-electron chi connectivity index (χ2n) is 3.68. The molecule has 14 heavy (non-hydrogen) atoms. The van der Waals surface area contributed by atoms with Gasteiger partial charge in [0.2, 0.25) is 0 Å². The van der Waals surface area contributed by atoms with E-state index in [2.05, 4.69) is 4.98 Å². The van der Waals surface area contributed by atoms with E-state index < -0.39 is 11.7 Å². The molecular weight excluding hydrogens is 191 g/mol. The topological polar surface area (TPSA) is 12.9 Å². The Morgan fingerprint density at radius 1 is 1.29 bits per heavy atom. The lowest BCUT2D eigenvalue weighted by atomic mass is 10.0. The normalized spacial score (nSPS) is 12.1. The second kappa shape index (κ2) is 3.98. The Bertz CT molecular complexity index is 304. The predicted molar refractivity (Wildman–Crippen MR) is 47.8 cm³/mol. The molecule has 0 atom stereocenters. The first-order valence-electron chi connectivity index (χ1n) is 4.40. The summed E-state index contributed by atoms with van der Waals surface area (Å²) >= 11 is 0. The molecule has 0 aliphatic carbocycles. The van der Waals surface area contributed by atoms with E-state index in [1.807, 2.05) is 13.8 Å². The summed E-state index contributed by atoms with van der Waals surface area (Å²) in [5.41, 5.74) is -0.0366. The van der Waals surface area contributed by atoms with Crippen molar-refractivity contribution < 1.29 is 13.2 Å². The van der Waals surface area contributed by atoms with E-state index in [4.69, 9.17) is 0 Å². The highest BCUT2D eigenvalue weighted by Crippen LogP contribution is 2.29. The van der Waals surface area contributed by atoms with Gasteiger partial charge in [-0.1, -0.05) is 13.8 Å². The van der Waals surface area contributed by atoms with Crippen LogP contribution in [0.5, 0.6) is 0 Å². The first kappa shape index (κ1) is 11.0. The summed E-state index contributed by atoms with van der Waals surface area (Å²) in [6.07, 6.45) is -1.34. The monoisotopic (exact) mass is 203 g/mol. The van der Waals surface area contributed by atoms with Crippen molar-refractivity contribution in [2.75, 3.05) is 0 Å². The predicted octanol–water partition coefficient (Wildman–Crippen LogP) is 3.30. The molecule has 0 aliphatic heterocycles. The van der Waals surface area contributed by atoms with Crippen molar-refractivity contribution in [3.8, 4) is 0 Å². The summed E-state index contributed by atoms with van der Waals surface area (Å²) < 4.78 is 36.8. The van der Waals surface area contributed by atoms with Crippen LogP contribution in [-0.4, -0.2) is 4.98 Å². The smallest absolute Gasteiger partial charge is 0.264 e. The zero-order chi connectivity index (χ0) is 10.8. The van der Waals surface area contributed by atoms with Gasteiger partial charge in [-0.2, -0.15) is 13.2 Å². The van der Waals surface area contributed by atoms with Gasteiger partial charge in [0.1, 0.15) is 0 Å². The Labute approximate surface area is 81.0 Å². The molecule has 1 heterocycles. The van der Waals surface area contributed by atoms with Crippen LogP contribution in [0.2, 0.25) is 0 Å². The average Bonchev–Trinajstić information content (AvgIpc) is 2.01. The molecule has 0 fully saturated rings. The SMILES string of the molecule is CC(C)Cc1cncc(C(F)(F)F)c1. The van der Waals surface area contributed by atoms with Crippen molar-refractivity contribution in [1.82, 2.24) is 4.98 Å². The Morgan fingerprint density at radius 3 is 2.43 bits per heavy atom. The summed E-state index contributed by atoms with van der Waals surface area (Å²) in [6, 6.07) is 1.16. The van der Waals surface area contributed by atoms with Crippen molar-refractivity contribution in [1.29, 1.82) is 0 Å². The molecule has 1 nitrogen and oxygen atoms in total. The van der Waals surface area contributed by atoms with Crippen LogP contribution >= 0.6 is 0 Å². The number of alkyl halides is 3. The lowest BCUT2D eigenvalue weighted by Gasteiger charge is -2.09. The summed E-state index contributed by atoms with van der Waals surface area (Å²) in [7, 11) is 0. The van der Waals surface area contributed by atoms with Crippen molar-refractivity contribution in [2.24, 2.45) is 5.92 Å². The Hall–Kier alpha value is -1.06. The van der Waals surface area contributed by atoms with Crippen molar-refractivity contribution in [3.63, 3.8) is 0 Å². The quantitative estimate of drug-likeness (QED) is 0.718. The van der Waals surface area contributed by atoms with Crippen LogP contribution in [-0.2, 0) is 12.6 Å². The minimum absolute atomic E-state index is 0.334. The van der Waals surface area contributed by atoms with E-state index in [9.17, 15) is 13.2 Å². The minimum atomic E-state index is -4.29. The lowest BCUT2D eigenvalue weighted by Crippen LogP contribution is -2.07. The second-order valence-corrected chi connectivity index (χ2v) is 3.68. The van der Waals surface area contributed by atoms with E-state index in [0.29, 0.717) is 17.9 Å². The standard InChI is InChI=1S/C10H12F3N/c1-7(2)3-8-4-9(6-14-5-8)10(11,12)13/h4-7H,3H2,1-2H3. The molecule has 1 aromatic rings. The fraction of sp³-hybridized carbons (Fsp3) is 0.500. The number of nitrogens with zero attached hydrogens (tertiary/aromatic N) is 1. The maximum absolute atomic E-state index is 12.3. The number of halogens is 3. The number of hydrogen-bond acceptors (Lipinski definition) is 1. The van der Waals surface area contributed by atoms with Crippen molar-refractivity contribution in [2.45, 2.75) is 26.4 Å². The van der Waals surface area contributed by atoms with Crippen molar-refractivity contribution in [3.05, 3.63) is 29.6 Å². The van der Waals surface area contributed by atoms with Crippen LogP contribution in [0.3, 0.4) is 0 Å². The summed E-state index contributed by atoms with van der Waals surface area (Å²) in [5, 5.41) is 0. The first-order valence-corrected chi connectivity index (χ1v) is 4.40. The highest BCUT2D eigenvalue weighted by atomic mass is 19.4. The fourth-order valence-electron chi connectivity index (χ4n) is 1.23. The molecule has 0 spiro atoms. The lowest BCUT2D eigenvalue weighted by molar-refractivity contribution is -0.137. The molecule has 0 saturated carbocycles. The molecule has 78 valence electrons. The van der Waals surface area contributed by atoms with Crippen LogP contribution in [0.4, 0.5) is 13.2 Å². The maximum Gasteiger partial charge on any atom is 0.417 e. The molecule has 0 amide bonds. The van der Waals surface area contributed by atoms with Gasteiger partial charge in [-0.05, 0) is 24.0 Å². The van der Waals surface area contributed by atoms with Crippen LogP contribution < -0.4 is 0 Å². The van der Waals surface area contributed by atoms with Gasteiger partial charge >= 0.3 is 6.18 Å². The summed E-state index contributed by atoms with van der Waals surface area (Å²) in [4.78, 5) is 3.58. The van der Waals surface area contributed by atoms with E-state index in [1.165, 1.54) is 6.20 Å². The molecule has 0 aliphatic rings. The fourth-order valence-corrected chi connectivity index (χ4v) is 1.23. The zero-order valence-corrected chi connectivity index (χ0v) is 8.10. The highest BCUT2D eigenvalue weighted by molar-refractivity contribution is 5.20. The van der Waals surface area contributed by atoms with E-state index in [0.717, 1.165) is 12.3 Å². The molecule has 0 N–H and O–H groups in total. The van der Waals surface area contributed by atoms with Gasteiger partial charge in [0, 0.05) is 12.4 Å². The molecule has 1 rings (SSSR count). The van der Waals surface area contributed by atoms with E-state index >= 15 is 0 Å². The van der Waals surface area contributed by atoms with Crippen LogP contribution in [0.15, 0.2) is 18.5 Å². The van der Waals surface area contributed by atoms with E-state index in [1.54, 1.807) is 0 Å². The molecule has 0 saturated heterocycles. The van der Waals surface area contributed by atoms with Gasteiger partial charge in [0.25, 0.3) is 0 Å². The van der Waals surface area contributed by atoms with Crippen LogP contribution in [0, 0.1) is 5.92 Å². The molecule has 0 bridgehead atoms. The molecule has 4 heteroatoms. The Balaban J connectivity index is 2.90.